The quantitative estimate of drug-likeness (QED) is 0.505. The smallest absolute Gasteiger partial charge is 0.315 e. The lowest BCUT2D eigenvalue weighted by Crippen LogP contribution is -2.33. The van der Waals surface area contributed by atoms with Gasteiger partial charge in [-0.05, 0) is 52.0 Å². The van der Waals surface area contributed by atoms with E-state index in [2.05, 4.69) is 10.0 Å². The number of nitrogens with one attached hydrogen (secondary N) is 2. The van der Waals surface area contributed by atoms with Gasteiger partial charge in [-0.1, -0.05) is 0 Å². The van der Waals surface area contributed by atoms with Crippen LogP contribution in [0.5, 0.6) is 0 Å². The summed E-state index contributed by atoms with van der Waals surface area (Å²) in [6.45, 7) is 6.43. The number of hydrogen-bond acceptors (Lipinski definition) is 5. The highest BCUT2D eigenvalue weighted by Gasteiger charge is 2.69. The van der Waals surface area contributed by atoms with Crippen LogP contribution >= 0.6 is 23.2 Å². The molecular formula is C17H22Cl2N2O5S. The largest absolute Gasteiger partial charge is 0.452 e. The van der Waals surface area contributed by atoms with Gasteiger partial charge in [-0.3, -0.25) is 9.59 Å². The maximum Gasteiger partial charge on any atom is 0.315 e. The minimum atomic E-state index is -3.61. The van der Waals surface area contributed by atoms with Gasteiger partial charge in [0.2, 0.25) is 10.0 Å². The highest BCUT2D eigenvalue weighted by atomic mass is 35.5. The number of anilines is 1. The Balaban J connectivity index is 1.97. The van der Waals surface area contributed by atoms with Crippen LogP contribution in [0.4, 0.5) is 5.69 Å². The number of ether oxygens (including phenoxy) is 1. The van der Waals surface area contributed by atoms with Crippen molar-refractivity contribution in [1.29, 1.82) is 0 Å². The molecule has 0 radical (unpaired) electrons. The fraction of sp³-hybridized carbons (Fsp3) is 0.529. The molecule has 1 amide bonds. The minimum absolute atomic E-state index is 0.0795. The molecule has 0 bridgehead atoms. The van der Waals surface area contributed by atoms with Crippen LogP contribution < -0.4 is 10.0 Å². The predicted octanol–water partition coefficient (Wildman–Crippen LogP) is 2.83. The summed E-state index contributed by atoms with van der Waals surface area (Å²) in [7, 11) is -3.61. The molecule has 0 saturated heterocycles. The summed E-state index contributed by atoms with van der Waals surface area (Å²) in [5.74, 6) is -1.20. The van der Waals surface area contributed by atoms with Gasteiger partial charge in [0.1, 0.15) is 9.75 Å². The van der Waals surface area contributed by atoms with Gasteiger partial charge < -0.3 is 10.1 Å². The molecule has 0 spiro atoms. The van der Waals surface area contributed by atoms with Gasteiger partial charge in [0.15, 0.2) is 6.10 Å². The summed E-state index contributed by atoms with van der Waals surface area (Å²) in [4.78, 5) is 24.4. The van der Waals surface area contributed by atoms with Crippen LogP contribution in [0, 0.1) is 5.41 Å². The second kappa shape index (κ2) is 7.58. The second-order valence-electron chi connectivity index (χ2n) is 7.05. The molecule has 2 N–H and O–H groups in total. The van der Waals surface area contributed by atoms with Crippen molar-refractivity contribution < 1.29 is 22.7 Å². The van der Waals surface area contributed by atoms with E-state index < -0.39 is 37.8 Å². The summed E-state index contributed by atoms with van der Waals surface area (Å²) in [5, 5.41) is 2.56. The summed E-state index contributed by atoms with van der Waals surface area (Å²) in [6.07, 6.45) is -0.804. The van der Waals surface area contributed by atoms with E-state index in [1.165, 1.54) is 31.2 Å². The van der Waals surface area contributed by atoms with Gasteiger partial charge in [-0.2, -0.15) is 0 Å². The number of rotatable bonds is 7. The molecule has 7 nitrogen and oxygen atoms in total. The molecule has 1 aromatic carbocycles. The maximum absolute atomic E-state index is 12.2. The average molecular weight is 437 g/mol. The standard InChI is InChI=1S/C17H22Cl2N2O5S/c1-10(2)21-27(24,25)13-7-5-12(6-8-13)20-14(22)11(3)26-15(23)16(4)9-17(16,18)19/h5-8,10-11,21H,9H2,1-4H3,(H,20,22). The summed E-state index contributed by atoms with van der Waals surface area (Å²) in [6, 6.07) is 5.41. The lowest BCUT2D eigenvalue weighted by Gasteiger charge is -2.17. The molecule has 2 unspecified atom stereocenters. The predicted molar refractivity (Wildman–Crippen MR) is 103 cm³/mol. The van der Waals surface area contributed by atoms with Crippen molar-refractivity contribution in [3.63, 3.8) is 0 Å². The first-order valence-electron chi connectivity index (χ1n) is 8.31. The zero-order valence-electron chi connectivity index (χ0n) is 15.4. The molecule has 2 rings (SSSR count). The third-order valence-corrected chi connectivity index (χ3v) is 6.96. The monoisotopic (exact) mass is 436 g/mol. The van der Waals surface area contributed by atoms with E-state index in [1.807, 2.05) is 0 Å². The number of halogens is 2. The first-order chi connectivity index (χ1) is 12.3. The van der Waals surface area contributed by atoms with E-state index in [4.69, 9.17) is 27.9 Å². The SMILES string of the molecule is CC(C)NS(=O)(=O)c1ccc(NC(=O)C(C)OC(=O)C2(C)CC2(Cl)Cl)cc1. The first kappa shape index (κ1) is 21.9. The Morgan fingerprint density at radius 2 is 1.67 bits per heavy atom. The van der Waals surface area contributed by atoms with E-state index >= 15 is 0 Å². The Morgan fingerprint density at radius 1 is 1.15 bits per heavy atom. The Hall–Kier alpha value is -1.35. The van der Waals surface area contributed by atoms with E-state index in [0.717, 1.165) is 0 Å². The molecule has 1 aliphatic rings. The van der Waals surface area contributed by atoms with Gasteiger partial charge in [0, 0.05) is 18.2 Å². The number of alkyl halides is 2. The molecule has 27 heavy (non-hydrogen) atoms. The molecule has 0 aromatic heterocycles. The molecule has 150 valence electrons. The van der Waals surface area contributed by atoms with Crippen LogP contribution in [-0.4, -0.2) is 36.8 Å². The van der Waals surface area contributed by atoms with Gasteiger partial charge in [-0.25, -0.2) is 13.1 Å². The molecule has 1 saturated carbocycles. The molecule has 0 aliphatic heterocycles. The Labute approximate surface area is 168 Å². The van der Waals surface area contributed by atoms with Crippen molar-refractivity contribution in [2.75, 3.05) is 5.32 Å². The fourth-order valence-electron chi connectivity index (χ4n) is 2.31. The molecule has 10 heteroatoms. The molecule has 0 heterocycles. The molecule has 1 fully saturated rings. The van der Waals surface area contributed by atoms with E-state index in [-0.39, 0.29) is 17.4 Å². The number of hydrogen-bond donors (Lipinski definition) is 2. The second-order valence-corrected chi connectivity index (χ2v) is 10.2. The number of carbonyl (C=O) groups is 2. The zero-order chi connectivity index (χ0) is 20.6. The van der Waals surface area contributed by atoms with Crippen molar-refractivity contribution in [1.82, 2.24) is 4.72 Å². The van der Waals surface area contributed by atoms with Gasteiger partial charge in [0.25, 0.3) is 5.91 Å². The van der Waals surface area contributed by atoms with Crippen LogP contribution in [0.25, 0.3) is 0 Å². The van der Waals surface area contributed by atoms with Crippen LogP contribution in [0.2, 0.25) is 0 Å². The number of carbonyl (C=O) groups excluding carboxylic acids is 2. The van der Waals surface area contributed by atoms with E-state index in [9.17, 15) is 18.0 Å². The minimum Gasteiger partial charge on any atom is -0.452 e. The Bertz CT molecular complexity index is 839. The fourth-order valence-corrected chi connectivity index (χ4v) is 4.25. The number of benzene rings is 1. The number of amides is 1. The first-order valence-corrected chi connectivity index (χ1v) is 10.5. The number of esters is 1. The third kappa shape index (κ3) is 4.93. The zero-order valence-corrected chi connectivity index (χ0v) is 17.7. The summed E-state index contributed by atoms with van der Waals surface area (Å²) < 4.78 is 30.6. The van der Waals surface area contributed by atoms with Gasteiger partial charge >= 0.3 is 5.97 Å². The number of sulfonamides is 1. The van der Waals surface area contributed by atoms with Crippen molar-refractivity contribution in [2.45, 2.75) is 55.5 Å². The molecule has 2 atom stereocenters. The Morgan fingerprint density at radius 3 is 2.11 bits per heavy atom. The topological polar surface area (TPSA) is 102 Å². The van der Waals surface area contributed by atoms with E-state index in [1.54, 1.807) is 20.8 Å². The van der Waals surface area contributed by atoms with Gasteiger partial charge in [0.05, 0.1) is 4.90 Å². The molecule has 1 aliphatic carbocycles. The third-order valence-electron chi connectivity index (χ3n) is 4.18. The van der Waals surface area contributed by atoms with Crippen LogP contribution in [0.1, 0.15) is 34.1 Å². The van der Waals surface area contributed by atoms with Crippen molar-refractivity contribution in [3.05, 3.63) is 24.3 Å². The van der Waals surface area contributed by atoms with Crippen LogP contribution in [0.15, 0.2) is 29.2 Å². The molecule has 1 aromatic rings. The maximum atomic E-state index is 12.2. The molecular weight excluding hydrogens is 415 g/mol. The lowest BCUT2D eigenvalue weighted by atomic mass is 10.1. The Kier molecular flexibility index (Phi) is 6.16. The lowest BCUT2D eigenvalue weighted by molar-refractivity contribution is -0.158. The van der Waals surface area contributed by atoms with Gasteiger partial charge in [-0.15, -0.1) is 23.2 Å². The van der Waals surface area contributed by atoms with E-state index in [0.29, 0.717) is 5.69 Å². The summed E-state index contributed by atoms with van der Waals surface area (Å²) in [5.41, 5.74) is -0.655. The van der Waals surface area contributed by atoms with Crippen molar-refractivity contribution in [3.8, 4) is 0 Å². The van der Waals surface area contributed by atoms with Crippen LogP contribution in [-0.2, 0) is 24.3 Å². The summed E-state index contributed by atoms with van der Waals surface area (Å²) >= 11 is 11.9. The van der Waals surface area contributed by atoms with Crippen molar-refractivity contribution in [2.24, 2.45) is 5.41 Å². The van der Waals surface area contributed by atoms with Crippen molar-refractivity contribution >= 4 is 50.8 Å². The highest BCUT2D eigenvalue weighted by Crippen LogP contribution is 2.64. The highest BCUT2D eigenvalue weighted by molar-refractivity contribution is 7.89. The van der Waals surface area contributed by atoms with Crippen LogP contribution in [0.3, 0.4) is 0 Å². The average Bonchev–Trinajstić information content (AvgIpc) is 3.06. The normalized spacial score (nSPS) is 22.2.